The molecular weight excluding hydrogens is 489 g/mol. The molecule has 36 heavy (non-hydrogen) atoms. The number of aryl methyl sites for hydroxylation is 1. The Bertz CT molecular complexity index is 1220. The highest BCUT2D eigenvalue weighted by Gasteiger charge is 2.36. The van der Waals surface area contributed by atoms with Gasteiger partial charge >= 0.3 is 12.1 Å². The van der Waals surface area contributed by atoms with E-state index in [1.807, 2.05) is 6.92 Å². The van der Waals surface area contributed by atoms with Crippen molar-refractivity contribution >= 4 is 28.3 Å². The summed E-state index contributed by atoms with van der Waals surface area (Å²) in [5, 5.41) is 0.690. The van der Waals surface area contributed by atoms with Crippen LogP contribution in [0.15, 0.2) is 46.9 Å². The quantitative estimate of drug-likeness (QED) is 0.143. The first-order valence-corrected chi connectivity index (χ1v) is 12.9. The lowest BCUT2D eigenvalue weighted by molar-refractivity contribution is -0.153. The van der Waals surface area contributed by atoms with Crippen LogP contribution in [-0.2, 0) is 22.1 Å². The topological polar surface area (TPSA) is 48.7 Å². The Morgan fingerprint density at radius 3 is 2.53 bits per heavy atom. The van der Waals surface area contributed by atoms with Gasteiger partial charge in [0.1, 0.15) is 22.7 Å². The van der Waals surface area contributed by atoms with Crippen molar-refractivity contribution in [3.8, 4) is 16.4 Å². The number of thiophene rings is 1. The molecule has 0 aliphatic rings. The Balaban J connectivity index is 1.80. The Morgan fingerprint density at radius 2 is 1.89 bits per heavy atom. The third kappa shape index (κ3) is 7.15. The number of esters is 1. The normalized spacial score (nSPS) is 13.1. The van der Waals surface area contributed by atoms with Crippen LogP contribution in [0.2, 0.25) is 0 Å². The second-order valence-electron chi connectivity index (χ2n) is 9.78. The van der Waals surface area contributed by atoms with Gasteiger partial charge in [0.25, 0.3) is 0 Å². The number of alkyl halides is 3. The standard InChI is InChI=1S/C28H33F3O4S/c1-7-8-9-10-21-15-22(28(29,30)31)25(36-21)24-13-19-11-12-20(14-23(19)34-24)33-18(4)16-27(5,6)35-26(32)17(2)3/h11-15,18H,2,7-10,16H2,1,3-6H3. The summed E-state index contributed by atoms with van der Waals surface area (Å²) in [6, 6.07) is 8.08. The average molecular weight is 523 g/mol. The lowest BCUT2D eigenvalue weighted by Gasteiger charge is -2.28. The average Bonchev–Trinajstić information content (AvgIpc) is 3.36. The molecule has 2 aromatic heterocycles. The summed E-state index contributed by atoms with van der Waals surface area (Å²) in [5.74, 6) is 0.250. The van der Waals surface area contributed by atoms with Gasteiger partial charge in [0, 0.05) is 28.3 Å². The van der Waals surface area contributed by atoms with Gasteiger partial charge in [0.2, 0.25) is 0 Å². The first-order valence-electron chi connectivity index (χ1n) is 12.1. The summed E-state index contributed by atoms with van der Waals surface area (Å²) >= 11 is 1.14. The van der Waals surface area contributed by atoms with Gasteiger partial charge in [-0.15, -0.1) is 11.3 Å². The summed E-state index contributed by atoms with van der Waals surface area (Å²) < 4.78 is 58.7. The number of ether oxygens (including phenoxy) is 2. The summed E-state index contributed by atoms with van der Waals surface area (Å²) in [6.45, 7) is 12.7. The molecule has 0 bridgehead atoms. The Kier molecular flexibility index (Phi) is 8.59. The Morgan fingerprint density at radius 1 is 1.17 bits per heavy atom. The van der Waals surface area contributed by atoms with E-state index in [1.54, 1.807) is 45.0 Å². The second-order valence-corrected chi connectivity index (χ2v) is 10.9. The van der Waals surface area contributed by atoms with E-state index in [1.165, 1.54) is 6.07 Å². The van der Waals surface area contributed by atoms with Gasteiger partial charge in [-0.1, -0.05) is 26.3 Å². The maximum absolute atomic E-state index is 13.8. The summed E-state index contributed by atoms with van der Waals surface area (Å²) in [6.07, 6.45) is -0.867. The molecule has 1 unspecified atom stereocenters. The number of hydrogen-bond donors (Lipinski definition) is 0. The molecular formula is C28H33F3O4S. The predicted molar refractivity (Wildman–Crippen MR) is 137 cm³/mol. The fourth-order valence-corrected chi connectivity index (χ4v) is 5.22. The predicted octanol–water partition coefficient (Wildman–Crippen LogP) is 8.97. The first-order chi connectivity index (χ1) is 16.8. The van der Waals surface area contributed by atoms with Crippen LogP contribution in [0, 0.1) is 0 Å². The van der Waals surface area contributed by atoms with Gasteiger partial charge in [-0.3, -0.25) is 0 Å². The number of furan rings is 1. The molecule has 0 saturated carbocycles. The van der Waals surface area contributed by atoms with Crippen LogP contribution >= 0.6 is 11.3 Å². The minimum atomic E-state index is -4.46. The zero-order valence-corrected chi connectivity index (χ0v) is 22.2. The van der Waals surface area contributed by atoms with Crippen molar-refractivity contribution in [3.05, 3.63) is 52.9 Å². The van der Waals surface area contributed by atoms with Crippen molar-refractivity contribution in [2.24, 2.45) is 0 Å². The van der Waals surface area contributed by atoms with Gasteiger partial charge in [-0.05, 0) is 64.8 Å². The van der Waals surface area contributed by atoms with Crippen LogP contribution in [-0.4, -0.2) is 17.7 Å². The zero-order valence-electron chi connectivity index (χ0n) is 21.4. The molecule has 0 radical (unpaired) electrons. The highest BCUT2D eigenvalue weighted by molar-refractivity contribution is 7.15. The van der Waals surface area contributed by atoms with Gasteiger partial charge in [0.15, 0.2) is 0 Å². The molecule has 0 aliphatic carbocycles. The SMILES string of the molecule is C=C(C)C(=O)OC(C)(C)CC(C)Oc1ccc2cc(-c3sc(CCCCC)cc3C(F)(F)F)oc2c1. The van der Waals surface area contributed by atoms with E-state index < -0.39 is 23.3 Å². The van der Waals surface area contributed by atoms with Gasteiger partial charge in [0.05, 0.1) is 16.5 Å². The Labute approximate surface area is 214 Å². The molecule has 3 aromatic rings. The molecule has 8 heteroatoms. The minimum Gasteiger partial charge on any atom is -0.490 e. The van der Waals surface area contributed by atoms with Crippen LogP contribution in [0.1, 0.15) is 70.7 Å². The van der Waals surface area contributed by atoms with Gasteiger partial charge in [-0.2, -0.15) is 13.2 Å². The van der Waals surface area contributed by atoms with E-state index in [0.29, 0.717) is 40.0 Å². The highest BCUT2D eigenvalue weighted by atomic mass is 32.1. The molecule has 0 saturated heterocycles. The molecule has 1 aromatic carbocycles. The molecule has 0 N–H and O–H groups in total. The molecule has 0 amide bonds. The summed E-state index contributed by atoms with van der Waals surface area (Å²) in [7, 11) is 0. The molecule has 1 atom stereocenters. The summed E-state index contributed by atoms with van der Waals surface area (Å²) in [4.78, 5) is 12.7. The largest absolute Gasteiger partial charge is 0.490 e. The van der Waals surface area contributed by atoms with E-state index in [-0.39, 0.29) is 16.7 Å². The fourth-order valence-electron chi connectivity index (χ4n) is 4.05. The number of halogens is 3. The number of carbonyl (C=O) groups is 1. The molecule has 196 valence electrons. The van der Waals surface area contributed by atoms with E-state index in [4.69, 9.17) is 13.9 Å². The second kappa shape index (κ2) is 11.1. The highest BCUT2D eigenvalue weighted by Crippen LogP contribution is 2.44. The van der Waals surface area contributed by atoms with Crippen LogP contribution in [0.5, 0.6) is 5.75 Å². The van der Waals surface area contributed by atoms with Crippen molar-refractivity contribution in [3.63, 3.8) is 0 Å². The van der Waals surface area contributed by atoms with Crippen molar-refractivity contribution < 1.29 is 31.9 Å². The van der Waals surface area contributed by atoms with Gasteiger partial charge < -0.3 is 13.9 Å². The van der Waals surface area contributed by atoms with E-state index in [2.05, 4.69) is 13.5 Å². The third-order valence-electron chi connectivity index (χ3n) is 5.66. The monoisotopic (exact) mass is 522 g/mol. The van der Waals surface area contributed by atoms with Crippen LogP contribution in [0.25, 0.3) is 21.6 Å². The Hall–Kier alpha value is -2.74. The molecule has 4 nitrogen and oxygen atoms in total. The van der Waals surface area contributed by atoms with E-state index >= 15 is 0 Å². The molecule has 0 spiro atoms. The molecule has 3 rings (SSSR count). The fraction of sp³-hybridized carbons (Fsp3) is 0.464. The number of fused-ring (bicyclic) bond motifs is 1. The molecule has 0 fully saturated rings. The van der Waals surface area contributed by atoms with Crippen molar-refractivity contribution in [1.82, 2.24) is 0 Å². The smallest absolute Gasteiger partial charge is 0.417 e. The molecule has 2 heterocycles. The van der Waals surface area contributed by atoms with Crippen molar-refractivity contribution in [1.29, 1.82) is 0 Å². The number of rotatable bonds is 11. The number of benzene rings is 1. The maximum atomic E-state index is 13.8. The number of carbonyl (C=O) groups excluding carboxylic acids is 1. The maximum Gasteiger partial charge on any atom is 0.417 e. The number of hydrogen-bond acceptors (Lipinski definition) is 5. The third-order valence-corrected chi connectivity index (χ3v) is 6.87. The minimum absolute atomic E-state index is 0.0992. The van der Waals surface area contributed by atoms with Crippen LogP contribution in [0.3, 0.4) is 0 Å². The van der Waals surface area contributed by atoms with Crippen molar-refractivity contribution in [2.75, 3.05) is 0 Å². The lowest BCUT2D eigenvalue weighted by atomic mass is 10.0. The molecule has 0 aliphatic heterocycles. The zero-order chi connectivity index (χ0) is 26.7. The van der Waals surface area contributed by atoms with E-state index in [0.717, 1.165) is 30.6 Å². The number of unbranched alkanes of at least 4 members (excludes halogenated alkanes) is 2. The van der Waals surface area contributed by atoms with Gasteiger partial charge in [-0.25, -0.2) is 4.79 Å². The van der Waals surface area contributed by atoms with Crippen LogP contribution < -0.4 is 4.74 Å². The van der Waals surface area contributed by atoms with Crippen LogP contribution in [0.4, 0.5) is 13.2 Å². The lowest BCUT2D eigenvalue weighted by Crippen LogP contribution is -2.33. The summed E-state index contributed by atoms with van der Waals surface area (Å²) in [5.41, 5.74) is -0.658. The van der Waals surface area contributed by atoms with E-state index in [9.17, 15) is 18.0 Å². The van der Waals surface area contributed by atoms with Crippen molar-refractivity contribution in [2.45, 2.75) is 84.6 Å². The first kappa shape index (κ1) is 27.8.